The van der Waals surface area contributed by atoms with Crippen LogP contribution in [-0.2, 0) is 16.3 Å². The normalized spacial score (nSPS) is 13.4. The maximum absolute atomic E-state index is 11.1. The van der Waals surface area contributed by atoms with Gasteiger partial charge in [0.1, 0.15) is 9.84 Å². The molecule has 0 aliphatic rings. The van der Waals surface area contributed by atoms with Crippen LogP contribution < -0.4 is 10.6 Å². The van der Waals surface area contributed by atoms with Crippen LogP contribution >= 0.6 is 46.9 Å². The van der Waals surface area contributed by atoms with E-state index in [1.165, 1.54) is 11.1 Å². The van der Waals surface area contributed by atoms with Crippen LogP contribution in [0.4, 0.5) is 0 Å². The van der Waals surface area contributed by atoms with Crippen molar-refractivity contribution >= 4 is 62.7 Å². The SMILES string of the molecule is CN=C(NCCc1ccc(Cl)s1)NC(C)CCS(C)(=O)=O.I. The van der Waals surface area contributed by atoms with Gasteiger partial charge in [-0.2, -0.15) is 0 Å². The number of thiophene rings is 1. The van der Waals surface area contributed by atoms with Crippen molar-refractivity contribution in [3.8, 4) is 0 Å². The number of aliphatic imine (C=N–C) groups is 1. The zero-order valence-electron chi connectivity index (χ0n) is 12.9. The quantitative estimate of drug-likeness (QED) is 0.358. The average Bonchev–Trinajstić information content (AvgIpc) is 2.80. The van der Waals surface area contributed by atoms with Crippen LogP contribution in [-0.4, -0.2) is 46.0 Å². The second-order valence-electron chi connectivity index (χ2n) is 4.92. The molecule has 0 amide bonds. The third-order valence-electron chi connectivity index (χ3n) is 2.82. The summed E-state index contributed by atoms with van der Waals surface area (Å²) in [6.07, 6.45) is 2.68. The molecule has 0 bridgehead atoms. The highest BCUT2D eigenvalue weighted by Gasteiger charge is 2.09. The molecule has 9 heteroatoms. The van der Waals surface area contributed by atoms with Gasteiger partial charge in [0.15, 0.2) is 5.96 Å². The second-order valence-corrected chi connectivity index (χ2v) is 8.98. The molecule has 1 unspecified atom stereocenters. The molecule has 0 spiro atoms. The second kappa shape index (κ2) is 10.7. The molecule has 128 valence electrons. The molecule has 1 heterocycles. The van der Waals surface area contributed by atoms with Crippen LogP contribution in [0.25, 0.3) is 0 Å². The molecule has 0 saturated carbocycles. The van der Waals surface area contributed by atoms with Crippen molar-refractivity contribution in [2.45, 2.75) is 25.8 Å². The summed E-state index contributed by atoms with van der Waals surface area (Å²) >= 11 is 7.45. The van der Waals surface area contributed by atoms with Crippen LogP contribution in [0.3, 0.4) is 0 Å². The Morgan fingerprint density at radius 3 is 2.64 bits per heavy atom. The first-order valence-corrected chi connectivity index (χ1v) is 9.95. The highest BCUT2D eigenvalue weighted by Crippen LogP contribution is 2.21. The van der Waals surface area contributed by atoms with E-state index in [9.17, 15) is 8.42 Å². The Balaban J connectivity index is 0.00000441. The number of nitrogens with one attached hydrogen (secondary N) is 2. The van der Waals surface area contributed by atoms with Gasteiger partial charge in [0.05, 0.1) is 10.1 Å². The van der Waals surface area contributed by atoms with Crippen LogP contribution in [0.1, 0.15) is 18.2 Å². The molecule has 1 rings (SSSR count). The first-order valence-electron chi connectivity index (χ1n) is 6.69. The van der Waals surface area contributed by atoms with E-state index in [1.807, 2.05) is 19.1 Å². The minimum absolute atomic E-state index is 0. The first-order chi connectivity index (χ1) is 9.80. The fraction of sp³-hybridized carbons (Fsp3) is 0.615. The Labute approximate surface area is 158 Å². The van der Waals surface area contributed by atoms with Gasteiger partial charge in [-0.15, -0.1) is 35.3 Å². The van der Waals surface area contributed by atoms with Crippen molar-refractivity contribution in [1.29, 1.82) is 0 Å². The fourth-order valence-corrected chi connectivity index (χ4v) is 3.55. The summed E-state index contributed by atoms with van der Waals surface area (Å²) < 4.78 is 23.1. The van der Waals surface area contributed by atoms with Gasteiger partial charge < -0.3 is 10.6 Å². The van der Waals surface area contributed by atoms with E-state index in [2.05, 4.69) is 15.6 Å². The third-order valence-corrected chi connectivity index (χ3v) is 5.09. The Kier molecular flexibility index (Phi) is 10.6. The van der Waals surface area contributed by atoms with E-state index in [4.69, 9.17) is 11.6 Å². The van der Waals surface area contributed by atoms with Gasteiger partial charge in [-0.05, 0) is 31.9 Å². The summed E-state index contributed by atoms with van der Waals surface area (Å²) in [7, 11) is -1.23. The van der Waals surface area contributed by atoms with Crippen molar-refractivity contribution in [1.82, 2.24) is 10.6 Å². The number of rotatable bonds is 7. The number of guanidine groups is 1. The number of nitrogens with zero attached hydrogens (tertiary/aromatic N) is 1. The standard InChI is InChI=1S/C13H22ClN3O2S2.HI/c1-10(7-9-21(3,18)19)17-13(15-2)16-8-6-11-4-5-12(14)20-11;/h4-5,10H,6-9H2,1-3H3,(H2,15,16,17);1H. The van der Waals surface area contributed by atoms with E-state index in [1.54, 1.807) is 18.4 Å². The number of sulfone groups is 1. The predicted molar refractivity (Wildman–Crippen MR) is 107 cm³/mol. The van der Waals surface area contributed by atoms with E-state index >= 15 is 0 Å². The van der Waals surface area contributed by atoms with E-state index in [0.717, 1.165) is 17.3 Å². The topological polar surface area (TPSA) is 70.6 Å². The summed E-state index contributed by atoms with van der Waals surface area (Å²) in [6, 6.07) is 3.95. The number of hydrogen-bond acceptors (Lipinski definition) is 4. The lowest BCUT2D eigenvalue weighted by Crippen LogP contribution is -2.43. The number of halogens is 2. The summed E-state index contributed by atoms with van der Waals surface area (Å²) in [4.78, 5) is 5.35. The monoisotopic (exact) mass is 479 g/mol. The van der Waals surface area contributed by atoms with E-state index in [-0.39, 0.29) is 35.8 Å². The molecule has 0 saturated heterocycles. The van der Waals surface area contributed by atoms with Gasteiger partial charge >= 0.3 is 0 Å². The molecule has 0 fully saturated rings. The van der Waals surface area contributed by atoms with Gasteiger partial charge in [0.25, 0.3) is 0 Å². The Hall–Kier alpha value is -0.0600. The zero-order valence-corrected chi connectivity index (χ0v) is 17.6. The maximum Gasteiger partial charge on any atom is 0.191 e. The molecule has 0 aliphatic carbocycles. The zero-order chi connectivity index (χ0) is 15.9. The largest absolute Gasteiger partial charge is 0.356 e. The Morgan fingerprint density at radius 2 is 2.14 bits per heavy atom. The van der Waals surface area contributed by atoms with Crippen molar-refractivity contribution < 1.29 is 8.42 Å². The molecule has 1 atom stereocenters. The smallest absolute Gasteiger partial charge is 0.191 e. The number of hydrogen-bond donors (Lipinski definition) is 2. The molecule has 2 N–H and O–H groups in total. The molecule has 0 aromatic carbocycles. The Bertz CT molecular complexity index is 576. The van der Waals surface area contributed by atoms with Gasteiger partial charge in [0.2, 0.25) is 0 Å². The van der Waals surface area contributed by atoms with Gasteiger partial charge in [0, 0.05) is 30.8 Å². The van der Waals surface area contributed by atoms with E-state index in [0.29, 0.717) is 12.4 Å². The molecular weight excluding hydrogens is 457 g/mol. The summed E-state index contributed by atoms with van der Waals surface area (Å²) in [5.74, 6) is 0.852. The van der Waals surface area contributed by atoms with Crippen LogP contribution in [0, 0.1) is 0 Å². The van der Waals surface area contributed by atoms with Gasteiger partial charge in [-0.1, -0.05) is 11.6 Å². The third kappa shape index (κ3) is 9.86. The minimum Gasteiger partial charge on any atom is -0.356 e. The van der Waals surface area contributed by atoms with Crippen molar-refractivity contribution in [3.05, 3.63) is 21.3 Å². The van der Waals surface area contributed by atoms with Crippen molar-refractivity contribution in [3.63, 3.8) is 0 Å². The lowest BCUT2D eigenvalue weighted by Gasteiger charge is -2.17. The highest BCUT2D eigenvalue weighted by molar-refractivity contribution is 14.0. The molecule has 22 heavy (non-hydrogen) atoms. The molecule has 5 nitrogen and oxygen atoms in total. The minimum atomic E-state index is -2.92. The highest BCUT2D eigenvalue weighted by atomic mass is 127. The summed E-state index contributed by atoms with van der Waals surface area (Å²) in [5.41, 5.74) is 0. The van der Waals surface area contributed by atoms with Crippen molar-refractivity contribution in [2.75, 3.05) is 25.6 Å². The molecule has 0 aliphatic heterocycles. The predicted octanol–water partition coefficient (Wildman–Crippen LogP) is 2.55. The maximum atomic E-state index is 11.1. The molecular formula is C13H23ClIN3O2S2. The molecule has 0 radical (unpaired) electrons. The van der Waals surface area contributed by atoms with Gasteiger partial charge in [-0.25, -0.2) is 8.42 Å². The van der Waals surface area contributed by atoms with Crippen LogP contribution in [0.15, 0.2) is 17.1 Å². The fourth-order valence-electron chi connectivity index (χ4n) is 1.68. The molecule has 1 aromatic heterocycles. The average molecular weight is 480 g/mol. The van der Waals surface area contributed by atoms with Gasteiger partial charge in [-0.3, -0.25) is 4.99 Å². The summed E-state index contributed by atoms with van der Waals surface area (Å²) in [6.45, 7) is 2.69. The lowest BCUT2D eigenvalue weighted by atomic mass is 10.3. The Morgan fingerprint density at radius 1 is 1.45 bits per heavy atom. The summed E-state index contributed by atoms with van der Waals surface area (Å²) in [5, 5.41) is 6.39. The first kappa shape index (κ1) is 21.9. The van der Waals surface area contributed by atoms with Crippen LogP contribution in [0.5, 0.6) is 0 Å². The lowest BCUT2D eigenvalue weighted by molar-refractivity contribution is 0.581. The van der Waals surface area contributed by atoms with E-state index < -0.39 is 9.84 Å². The van der Waals surface area contributed by atoms with Crippen LogP contribution in [0.2, 0.25) is 4.34 Å². The van der Waals surface area contributed by atoms with Crippen molar-refractivity contribution in [2.24, 2.45) is 4.99 Å². The molecule has 1 aromatic rings.